The first-order valence-electron chi connectivity index (χ1n) is 8.87. The maximum absolute atomic E-state index is 9.59. The number of hydrogen-bond donors (Lipinski definition) is 3. The van der Waals surface area contributed by atoms with Crippen LogP contribution in [-0.2, 0) is 0 Å². The van der Waals surface area contributed by atoms with Gasteiger partial charge in [0, 0.05) is 17.0 Å². The van der Waals surface area contributed by atoms with Gasteiger partial charge in [-0.2, -0.15) is 4.98 Å². The summed E-state index contributed by atoms with van der Waals surface area (Å²) >= 11 is 6.12. The van der Waals surface area contributed by atoms with Gasteiger partial charge in [0.15, 0.2) is 0 Å². The average Bonchev–Trinajstić information content (AvgIpc) is 3.44. The number of methoxy groups -OCH3 is 1. The van der Waals surface area contributed by atoms with E-state index in [-0.39, 0.29) is 18.6 Å². The van der Waals surface area contributed by atoms with Crippen LogP contribution in [0.2, 0.25) is 5.02 Å². The number of aliphatic hydroxyl groups excluding tert-OH is 1. The summed E-state index contributed by atoms with van der Waals surface area (Å²) in [5, 5.41) is 16.7. The zero-order valence-corrected chi connectivity index (χ0v) is 16.0. The summed E-state index contributed by atoms with van der Waals surface area (Å²) in [5.74, 6) is 2.62. The van der Waals surface area contributed by atoms with Crippen molar-refractivity contribution in [3.63, 3.8) is 0 Å². The molecule has 0 aliphatic heterocycles. The van der Waals surface area contributed by atoms with Crippen molar-refractivity contribution in [1.82, 2.24) is 9.97 Å². The van der Waals surface area contributed by atoms with E-state index in [1.54, 1.807) is 19.2 Å². The van der Waals surface area contributed by atoms with E-state index in [4.69, 9.17) is 16.3 Å². The van der Waals surface area contributed by atoms with Crippen LogP contribution in [-0.4, -0.2) is 34.8 Å². The predicted octanol–water partition coefficient (Wildman–Crippen LogP) is 4.19. The second kappa shape index (κ2) is 8.10. The summed E-state index contributed by atoms with van der Waals surface area (Å²) < 4.78 is 5.39. The van der Waals surface area contributed by atoms with Crippen molar-refractivity contribution in [2.75, 3.05) is 24.4 Å². The number of rotatable bonds is 8. The summed E-state index contributed by atoms with van der Waals surface area (Å²) in [5.41, 5.74) is 1.75. The van der Waals surface area contributed by atoms with Gasteiger partial charge in [-0.15, -0.1) is 0 Å². The topological polar surface area (TPSA) is 79.3 Å². The van der Waals surface area contributed by atoms with Crippen molar-refractivity contribution >= 4 is 29.1 Å². The first-order valence-corrected chi connectivity index (χ1v) is 9.25. The van der Waals surface area contributed by atoms with Crippen molar-refractivity contribution in [2.45, 2.75) is 38.6 Å². The van der Waals surface area contributed by atoms with Crippen LogP contribution in [0.25, 0.3) is 0 Å². The van der Waals surface area contributed by atoms with Crippen LogP contribution >= 0.6 is 11.6 Å². The number of hydrogen-bond acceptors (Lipinski definition) is 6. The summed E-state index contributed by atoms with van der Waals surface area (Å²) in [4.78, 5) is 9.21. The minimum Gasteiger partial charge on any atom is -0.495 e. The van der Waals surface area contributed by atoms with E-state index in [1.165, 1.54) is 0 Å². The molecule has 0 unspecified atom stereocenters. The Hall–Kier alpha value is -2.05. The average molecular weight is 377 g/mol. The fourth-order valence-electron chi connectivity index (χ4n) is 2.69. The number of halogens is 1. The van der Waals surface area contributed by atoms with Gasteiger partial charge in [0.05, 0.1) is 31.1 Å². The Balaban J connectivity index is 1.90. The van der Waals surface area contributed by atoms with Crippen molar-refractivity contribution in [1.29, 1.82) is 0 Å². The highest BCUT2D eigenvalue weighted by atomic mass is 35.5. The Bertz CT molecular complexity index is 765. The molecular weight excluding hydrogens is 352 g/mol. The van der Waals surface area contributed by atoms with E-state index in [9.17, 15) is 5.11 Å². The van der Waals surface area contributed by atoms with Crippen LogP contribution in [0.1, 0.15) is 38.3 Å². The van der Waals surface area contributed by atoms with Gasteiger partial charge in [0.1, 0.15) is 11.6 Å². The van der Waals surface area contributed by atoms with Crippen molar-refractivity contribution in [3.8, 4) is 5.75 Å². The highest BCUT2D eigenvalue weighted by Crippen LogP contribution is 2.40. The van der Waals surface area contributed by atoms with E-state index >= 15 is 0 Å². The van der Waals surface area contributed by atoms with Crippen LogP contribution in [0, 0.1) is 5.92 Å². The molecule has 140 valence electrons. The van der Waals surface area contributed by atoms with Gasteiger partial charge in [0.2, 0.25) is 5.95 Å². The molecule has 6 nitrogen and oxygen atoms in total. The van der Waals surface area contributed by atoms with Crippen LogP contribution in [0.4, 0.5) is 17.5 Å². The fraction of sp³-hybridized carbons (Fsp3) is 0.474. The summed E-state index contributed by atoms with van der Waals surface area (Å²) in [6.45, 7) is 4.13. The lowest BCUT2D eigenvalue weighted by atomic mass is 10.1. The molecule has 1 aliphatic carbocycles. The smallest absolute Gasteiger partial charge is 0.225 e. The molecule has 0 bridgehead atoms. The molecule has 1 aliphatic rings. The minimum atomic E-state index is -0.0991. The third kappa shape index (κ3) is 4.56. The van der Waals surface area contributed by atoms with Crippen molar-refractivity contribution in [3.05, 3.63) is 35.0 Å². The number of ether oxygens (including phenoxy) is 1. The fourth-order valence-corrected chi connectivity index (χ4v) is 2.86. The van der Waals surface area contributed by atoms with Crippen LogP contribution in [0.15, 0.2) is 24.3 Å². The number of nitrogens with zero attached hydrogens (tertiary/aromatic N) is 2. The normalized spacial score (nSPS) is 15.0. The molecule has 1 saturated carbocycles. The van der Waals surface area contributed by atoms with Crippen LogP contribution < -0.4 is 15.4 Å². The zero-order chi connectivity index (χ0) is 18.7. The SMILES string of the molecule is COc1ccc(Cl)cc1Nc1cc(C2CC2)nc(N[C@@H](CO)C(C)C)n1. The van der Waals surface area contributed by atoms with E-state index in [2.05, 4.69) is 34.4 Å². The molecule has 0 saturated heterocycles. The highest BCUT2D eigenvalue weighted by Gasteiger charge is 2.27. The number of aliphatic hydroxyl groups is 1. The molecule has 1 heterocycles. The van der Waals surface area contributed by atoms with Crippen LogP contribution in [0.3, 0.4) is 0 Å². The second-order valence-corrected chi connectivity index (χ2v) is 7.36. The molecule has 3 N–H and O–H groups in total. The van der Waals surface area contributed by atoms with E-state index < -0.39 is 0 Å². The molecule has 0 spiro atoms. The lowest BCUT2D eigenvalue weighted by molar-refractivity contribution is 0.248. The molecule has 1 aromatic carbocycles. The van der Waals surface area contributed by atoms with E-state index in [0.717, 1.165) is 24.2 Å². The Kier molecular flexibility index (Phi) is 5.84. The maximum Gasteiger partial charge on any atom is 0.225 e. The zero-order valence-electron chi connectivity index (χ0n) is 15.3. The Morgan fingerprint density at radius 1 is 1.27 bits per heavy atom. The molecule has 2 aromatic rings. The molecule has 1 fully saturated rings. The third-order valence-electron chi connectivity index (χ3n) is 4.48. The molecule has 3 rings (SSSR count). The maximum atomic E-state index is 9.59. The summed E-state index contributed by atoms with van der Waals surface area (Å²) in [6, 6.07) is 7.26. The van der Waals surface area contributed by atoms with Crippen molar-refractivity contribution < 1.29 is 9.84 Å². The molecule has 7 heteroatoms. The Morgan fingerprint density at radius 2 is 2.04 bits per heavy atom. The second-order valence-electron chi connectivity index (χ2n) is 6.92. The van der Waals surface area contributed by atoms with Gasteiger partial charge >= 0.3 is 0 Å². The first-order chi connectivity index (χ1) is 12.5. The number of nitrogens with one attached hydrogen (secondary N) is 2. The van der Waals surface area contributed by atoms with Gasteiger partial charge in [0.25, 0.3) is 0 Å². The standard InChI is InChI=1S/C19H25ClN4O2/c1-11(2)16(10-25)23-19-22-14(12-4-5-12)9-18(24-19)21-15-8-13(20)6-7-17(15)26-3/h6-9,11-12,16,25H,4-5,10H2,1-3H3,(H2,21,22,23,24)/t16-/m0/s1. The molecule has 0 amide bonds. The monoisotopic (exact) mass is 376 g/mol. The quantitative estimate of drug-likeness (QED) is 0.641. The lowest BCUT2D eigenvalue weighted by Gasteiger charge is -2.21. The van der Waals surface area contributed by atoms with Gasteiger partial charge < -0.3 is 20.5 Å². The first kappa shape index (κ1) is 18.7. The summed E-state index contributed by atoms with van der Waals surface area (Å²) in [6.07, 6.45) is 2.29. The number of aromatic nitrogens is 2. The third-order valence-corrected chi connectivity index (χ3v) is 4.72. The van der Waals surface area contributed by atoms with Gasteiger partial charge in [-0.1, -0.05) is 25.4 Å². The Morgan fingerprint density at radius 3 is 2.65 bits per heavy atom. The molecular formula is C19H25ClN4O2. The number of anilines is 3. The molecule has 1 aromatic heterocycles. The van der Waals surface area contributed by atoms with E-state index in [1.807, 2.05) is 12.1 Å². The molecule has 26 heavy (non-hydrogen) atoms. The Labute approximate surface area is 159 Å². The number of benzene rings is 1. The lowest BCUT2D eigenvalue weighted by Crippen LogP contribution is -2.30. The van der Waals surface area contributed by atoms with Crippen LogP contribution in [0.5, 0.6) is 5.75 Å². The highest BCUT2D eigenvalue weighted by molar-refractivity contribution is 6.31. The largest absolute Gasteiger partial charge is 0.495 e. The van der Waals surface area contributed by atoms with Gasteiger partial charge in [-0.05, 0) is 37.0 Å². The van der Waals surface area contributed by atoms with E-state index in [0.29, 0.717) is 28.5 Å². The van der Waals surface area contributed by atoms with Gasteiger partial charge in [-0.25, -0.2) is 4.98 Å². The predicted molar refractivity (Wildman–Crippen MR) is 105 cm³/mol. The molecule has 0 radical (unpaired) electrons. The van der Waals surface area contributed by atoms with Gasteiger partial charge in [-0.3, -0.25) is 0 Å². The summed E-state index contributed by atoms with van der Waals surface area (Å²) in [7, 11) is 1.62. The van der Waals surface area contributed by atoms with Crippen molar-refractivity contribution in [2.24, 2.45) is 5.92 Å². The molecule has 1 atom stereocenters. The minimum absolute atomic E-state index is 0.0273.